The molecule has 0 saturated heterocycles. The molecule has 1 amide bonds. The van der Waals surface area contributed by atoms with Crippen molar-refractivity contribution in [2.45, 2.75) is 33.2 Å². The monoisotopic (exact) mass is 366 g/mol. The fourth-order valence-electron chi connectivity index (χ4n) is 2.58. The molecule has 1 aliphatic rings. The second-order valence-corrected chi connectivity index (χ2v) is 7.19. The Kier molecular flexibility index (Phi) is 5.26. The molecule has 1 aromatic carbocycles. The van der Waals surface area contributed by atoms with Gasteiger partial charge in [0.1, 0.15) is 13.2 Å². The van der Waals surface area contributed by atoms with Crippen molar-refractivity contribution in [2.24, 2.45) is 0 Å². The molecule has 1 aromatic heterocycles. The molecule has 24 heavy (non-hydrogen) atoms. The van der Waals surface area contributed by atoms with Gasteiger partial charge in [-0.2, -0.15) is 0 Å². The second kappa shape index (κ2) is 7.40. The van der Waals surface area contributed by atoms with Gasteiger partial charge >= 0.3 is 0 Å². The van der Waals surface area contributed by atoms with Crippen LogP contribution in [-0.4, -0.2) is 24.1 Å². The molecule has 128 valence electrons. The molecule has 0 saturated carbocycles. The molecule has 1 aliphatic heterocycles. The van der Waals surface area contributed by atoms with Crippen molar-refractivity contribution in [3.63, 3.8) is 0 Å². The number of ether oxygens (including phenoxy) is 2. The molecule has 7 heteroatoms. The van der Waals surface area contributed by atoms with Crippen molar-refractivity contribution in [1.29, 1.82) is 0 Å². The number of hydrogen-bond acceptors (Lipinski definition) is 5. The van der Waals surface area contributed by atoms with E-state index in [4.69, 9.17) is 21.1 Å². The number of halogens is 1. The minimum absolute atomic E-state index is 0.0818. The summed E-state index contributed by atoms with van der Waals surface area (Å²) in [5.41, 5.74) is 1.78. The van der Waals surface area contributed by atoms with Crippen LogP contribution in [0.3, 0.4) is 0 Å². The third-order valence-electron chi connectivity index (χ3n) is 3.73. The maximum atomic E-state index is 12.3. The first-order chi connectivity index (χ1) is 11.6. The van der Waals surface area contributed by atoms with Gasteiger partial charge in [-0.15, -0.1) is 11.3 Å². The van der Waals surface area contributed by atoms with Crippen molar-refractivity contribution in [2.75, 3.05) is 13.2 Å². The largest absolute Gasteiger partial charge is 0.486 e. The lowest BCUT2D eigenvalue weighted by atomic mass is 10.1. The summed E-state index contributed by atoms with van der Waals surface area (Å²) >= 11 is 7.87. The van der Waals surface area contributed by atoms with Gasteiger partial charge in [0.2, 0.25) is 5.91 Å². The molecular weight excluding hydrogens is 348 g/mol. The third kappa shape index (κ3) is 3.82. The molecule has 2 heterocycles. The molecular formula is C17H19ClN2O3S. The van der Waals surface area contributed by atoms with Crippen molar-refractivity contribution >= 4 is 28.8 Å². The van der Waals surface area contributed by atoms with Gasteiger partial charge in [-0.25, -0.2) is 4.98 Å². The number of carbonyl (C=O) groups excluding carboxylic acids is 1. The number of amides is 1. The summed E-state index contributed by atoms with van der Waals surface area (Å²) in [5, 5.41) is 4.47. The molecule has 3 rings (SSSR count). The van der Waals surface area contributed by atoms with Gasteiger partial charge < -0.3 is 14.8 Å². The van der Waals surface area contributed by atoms with Crippen LogP contribution in [0.2, 0.25) is 5.02 Å². The Bertz CT molecular complexity index is 761. The topological polar surface area (TPSA) is 60.5 Å². The number of hydrogen-bond donors (Lipinski definition) is 1. The molecule has 0 spiro atoms. The summed E-state index contributed by atoms with van der Waals surface area (Å²) < 4.78 is 11.0. The summed E-state index contributed by atoms with van der Waals surface area (Å²) in [6, 6.07) is 3.49. The predicted molar refractivity (Wildman–Crippen MR) is 94.2 cm³/mol. The molecule has 1 N–H and O–H groups in total. The van der Waals surface area contributed by atoms with Crippen molar-refractivity contribution in [3.8, 4) is 11.5 Å². The van der Waals surface area contributed by atoms with E-state index >= 15 is 0 Å². The lowest BCUT2D eigenvalue weighted by Crippen LogP contribution is -2.25. The van der Waals surface area contributed by atoms with Gasteiger partial charge in [0.15, 0.2) is 11.5 Å². The molecule has 0 unspecified atom stereocenters. The number of thiazole rings is 1. The van der Waals surface area contributed by atoms with Crippen molar-refractivity contribution < 1.29 is 14.3 Å². The summed E-state index contributed by atoms with van der Waals surface area (Å²) in [6.45, 7) is 5.55. The van der Waals surface area contributed by atoms with E-state index in [1.54, 1.807) is 23.5 Å². The molecule has 2 aromatic rings. The van der Waals surface area contributed by atoms with Crippen LogP contribution in [-0.2, 0) is 24.2 Å². The molecule has 0 fully saturated rings. The number of nitrogens with zero attached hydrogens (tertiary/aromatic N) is 1. The Labute approximate surface area is 150 Å². The molecule has 5 nitrogen and oxygen atoms in total. The number of rotatable bonds is 5. The van der Waals surface area contributed by atoms with Crippen LogP contribution in [0.15, 0.2) is 12.1 Å². The predicted octanol–water partition coefficient (Wildman–Crippen LogP) is 3.30. The zero-order valence-electron chi connectivity index (χ0n) is 13.6. The van der Waals surface area contributed by atoms with Crippen molar-refractivity contribution in [3.05, 3.63) is 38.3 Å². The van der Waals surface area contributed by atoms with Gasteiger partial charge in [0.05, 0.1) is 23.7 Å². The first kappa shape index (κ1) is 17.0. The lowest BCUT2D eigenvalue weighted by molar-refractivity contribution is -0.120. The van der Waals surface area contributed by atoms with Crippen molar-refractivity contribution in [1.82, 2.24) is 10.3 Å². The van der Waals surface area contributed by atoms with Crippen LogP contribution in [0.1, 0.15) is 28.1 Å². The SMILES string of the molecule is CCc1nc(C)sc1CNC(=O)Cc1cc2c(cc1Cl)OCCO2. The fourth-order valence-corrected chi connectivity index (χ4v) is 3.77. The van der Waals surface area contributed by atoms with E-state index in [9.17, 15) is 4.79 Å². The van der Waals surface area contributed by atoms with E-state index in [-0.39, 0.29) is 12.3 Å². The smallest absolute Gasteiger partial charge is 0.224 e. The first-order valence-electron chi connectivity index (χ1n) is 7.86. The second-order valence-electron chi connectivity index (χ2n) is 5.50. The maximum absolute atomic E-state index is 12.3. The minimum atomic E-state index is -0.0818. The van der Waals surface area contributed by atoms with Gasteiger partial charge in [0.25, 0.3) is 0 Å². The average molecular weight is 367 g/mol. The van der Waals surface area contributed by atoms with Crippen LogP contribution < -0.4 is 14.8 Å². The molecule has 0 atom stereocenters. The molecule has 0 bridgehead atoms. The maximum Gasteiger partial charge on any atom is 0.224 e. The molecule has 0 radical (unpaired) electrons. The number of nitrogens with one attached hydrogen (secondary N) is 1. The Hall–Kier alpha value is -1.79. The fraction of sp³-hybridized carbons (Fsp3) is 0.412. The van der Waals surface area contributed by atoms with E-state index in [0.717, 1.165) is 27.6 Å². The van der Waals surface area contributed by atoms with E-state index in [2.05, 4.69) is 17.2 Å². The Morgan fingerprint density at radius 2 is 2.04 bits per heavy atom. The summed E-state index contributed by atoms with van der Waals surface area (Å²) in [6.07, 6.45) is 1.07. The molecule has 0 aliphatic carbocycles. The van der Waals surface area contributed by atoms with E-state index in [1.165, 1.54) is 0 Å². The summed E-state index contributed by atoms with van der Waals surface area (Å²) in [4.78, 5) is 17.8. The van der Waals surface area contributed by atoms with Gasteiger partial charge in [-0.3, -0.25) is 4.79 Å². The number of aryl methyl sites for hydroxylation is 2. The highest BCUT2D eigenvalue weighted by Gasteiger charge is 2.17. The van der Waals surface area contributed by atoms with Gasteiger partial charge in [-0.1, -0.05) is 18.5 Å². The highest BCUT2D eigenvalue weighted by Crippen LogP contribution is 2.35. The van der Waals surface area contributed by atoms with Crippen LogP contribution in [0.25, 0.3) is 0 Å². The normalized spacial score (nSPS) is 13.0. The average Bonchev–Trinajstić information content (AvgIpc) is 2.93. The zero-order valence-corrected chi connectivity index (χ0v) is 15.2. The highest BCUT2D eigenvalue weighted by atomic mass is 35.5. The van der Waals surface area contributed by atoms with Crippen LogP contribution in [0, 0.1) is 6.92 Å². The first-order valence-corrected chi connectivity index (χ1v) is 9.06. The third-order valence-corrected chi connectivity index (χ3v) is 5.09. The van der Waals surface area contributed by atoms with Crippen LogP contribution in [0.4, 0.5) is 0 Å². The Balaban J connectivity index is 1.64. The Morgan fingerprint density at radius 1 is 1.33 bits per heavy atom. The summed E-state index contributed by atoms with van der Waals surface area (Å²) in [7, 11) is 0. The number of benzene rings is 1. The number of aromatic nitrogens is 1. The van der Waals surface area contributed by atoms with E-state index in [1.807, 2.05) is 6.92 Å². The van der Waals surface area contributed by atoms with Gasteiger partial charge in [0, 0.05) is 16.0 Å². The lowest BCUT2D eigenvalue weighted by Gasteiger charge is -2.19. The van der Waals surface area contributed by atoms with Gasteiger partial charge in [-0.05, 0) is 25.0 Å². The highest BCUT2D eigenvalue weighted by molar-refractivity contribution is 7.11. The standard InChI is InChI=1S/C17H19ClN2O3S/c1-3-13-16(24-10(2)20-13)9-19-17(21)7-11-6-14-15(8-12(11)18)23-5-4-22-14/h6,8H,3-5,7,9H2,1-2H3,(H,19,21). The summed E-state index contributed by atoms with van der Waals surface area (Å²) in [5.74, 6) is 1.18. The Morgan fingerprint density at radius 3 is 2.75 bits per heavy atom. The van der Waals surface area contributed by atoms with E-state index < -0.39 is 0 Å². The number of carbonyl (C=O) groups is 1. The quantitative estimate of drug-likeness (QED) is 0.882. The number of fused-ring (bicyclic) bond motifs is 1. The van der Waals surface area contributed by atoms with Crippen LogP contribution in [0.5, 0.6) is 11.5 Å². The zero-order chi connectivity index (χ0) is 17.1. The van der Waals surface area contributed by atoms with E-state index in [0.29, 0.717) is 36.3 Å². The minimum Gasteiger partial charge on any atom is -0.486 e. The van der Waals surface area contributed by atoms with Crippen LogP contribution >= 0.6 is 22.9 Å².